The Hall–Kier alpha value is -0.270. The van der Waals surface area contributed by atoms with Crippen molar-refractivity contribution in [2.24, 2.45) is 46.2 Å². The topological polar surface area (TPSA) is 66.5 Å². The standard InChI is InChI=1S/C20H35NO2.C2H2.ClH/c1-11-4-5-13-16-14(7-9-19(11,13)2)20(3)8-6-12(21)10-15(20)17(22)18(16)23;1-2;/h11-18,22-23H,4-10,21H2,1-3H3;1-2H;1H/t11-,12-,13?,14?,15?,16?,17+,18+,19+,20+;;/m0../s1. The highest BCUT2D eigenvalue weighted by atomic mass is 35.5. The average molecular weight is 384 g/mol. The number of hydrogen-bond donors (Lipinski definition) is 3. The van der Waals surface area contributed by atoms with E-state index >= 15 is 0 Å². The van der Waals surface area contributed by atoms with Gasteiger partial charge in [0.1, 0.15) is 0 Å². The molecule has 150 valence electrons. The summed E-state index contributed by atoms with van der Waals surface area (Å²) in [5, 5.41) is 22.0. The van der Waals surface area contributed by atoms with Gasteiger partial charge in [0.25, 0.3) is 0 Å². The van der Waals surface area contributed by atoms with Crippen molar-refractivity contribution < 1.29 is 10.2 Å². The second kappa shape index (κ2) is 7.63. The Kier molecular flexibility index (Phi) is 6.46. The van der Waals surface area contributed by atoms with Gasteiger partial charge in [-0.25, -0.2) is 0 Å². The fourth-order valence-corrected chi connectivity index (χ4v) is 7.55. The van der Waals surface area contributed by atoms with Crippen LogP contribution < -0.4 is 5.73 Å². The molecular formula is C22H38ClNO2. The molecule has 4 unspecified atom stereocenters. The molecule has 4 heteroatoms. The van der Waals surface area contributed by atoms with Crippen LogP contribution in [0.4, 0.5) is 0 Å². The molecule has 0 aromatic carbocycles. The summed E-state index contributed by atoms with van der Waals surface area (Å²) in [4.78, 5) is 0. The van der Waals surface area contributed by atoms with Gasteiger partial charge in [0.15, 0.2) is 0 Å². The molecule has 4 rings (SSSR count). The summed E-state index contributed by atoms with van der Waals surface area (Å²) < 4.78 is 0. The minimum Gasteiger partial charge on any atom is -0.390 e. The smallest absolute Gasteiger partial charge is 0.0836 e. The van der Waals surface area contributed by atoms with Crippen molar-refractivity contribution in [2.75, 3.05) is 0 Å². The average Bonchev–Trinajstić information content (AvgIpc) is 2.91. The molecular weight excluding hydrogens is 346 g/mol. The Bertz CT molecular complexity index is 526. The van der Waals surface area contributed by atoms with E-state index in [4.69, 9.17) is 5.73 Å². The van der Waals surface area contributed by atoms with Gasteiger partial charge in [0.2, 0.25) is 0 Å². The van der Waals surface area contributed by atoms with E-state index in [-0.39, 0.29) is 29.8 Å². The molecule has 4 aliphatic rings. The van der Waals surface area contributed by atoms with Crippen molar-refractivity contribution in [3.05, 3.63) is 0 Å². The number of rotatable bonds is 0. The van der Waals surface area contributed by atoms with Gasteiger partial charge >= 0.3 is 0 Å². The van der Waals surface area contributed by atoms with Crippen LogP contribution >= 0.6 is 12.4 Å². The quantitative estimate of drug-likeness (QED) is 0.560. The van der Waals surface area contributed by atoms with Crippen LogP contribution in [-0.2, 0) is 0 Å². The Morgan fingerprint density at radius 1 is 0.846 bits per heavy atom. The summed E-state index contributed by atoms with van der Waals surface area (Å²) in [6.07, 6.45) is 15.0. The molecule has 10 atom stereocenters. The summed E-state index contributed by atoms with van der Waals surface area (Å²) in [5.74, 6) is 2.40. The van der Waals surface area contributed by atoms with Crippen molar-refractivity contribution in [3.8, 4) is 12.8 Å². The lowest BCUT2D eigenvalue weighted by atomic mass is 9.43. The predicted molar refractivity (Wildman–Crippen MR) is 109 cm³/mol. The number of aliphatic hydroxyl groups excluding tert-OH is 2. The molecule has 0 aromatic rings. The SMILES string of the molecule is C#C.C[C@H]1CCC2C3C(CC[C@@]21C)[C@@]1(C)CC[C@H](N)CC1[C@@H](O)[C@@H]3O.Cl. The fraction of sp³-hybridized carbons (Fsp3) is 0.909. The highest BCUT2D eigenvalue weighted by Gasteiger charge is 2.64. The van der Waals surface area contributed by atoms with E-state index in [0.717, 1.165) is 25.2 Å². The Balaban J connectivity index is 0.000000784. The largest absolute Gasteiger partial charge is 0.390 e. The second-order valence-electron chi connectivity index (χ2n) is 9.94. The van der Waals surface area contributed by atoms with E-state index < -0.39 is 12.2 Å². The van der Waals surface area contributed by atoms with Gasteiger partial charge in [0.05, 0.1) is 12.2 Å². The molecule has 4 N–H and O–H groups in total. The molecule has 4 fully saturated rings. The third kappa shape index (κ3) is 2.93. The minimum atomic E-state index is -0.578. The first-order chi connectivity index (χ1) is 11.8. The molecule has 0 saturated heterocycles. The van der Waals surface area contributed by atoms with E-state index in [1.165, 1.54) is 25.7 Å². The summed E-state index contributed by atoms with van der Waals surface area (Å²) in [7, 11) is 0. The van der Waals surface area contributed by atoms with E-state index in [0.29, 0.717) is 23.2 Å². The first kappa shape index (κ1) is 22.0. The molecule has 4 saturated carbocycles. The van der Waals surface area contributed by atoms with Gasteiger partial charge in [0, 0.05) is 6.04 Å². The maximum absolute atomic E-state index is 11.1. The number of nitrogens with two attached hydrogens (primary N) is 1. The molecule has 3 nitrogen and oxygen atoms in total. The Morgan fingerprint density at radius 2 is 1.42 bits per heavy atom. The zero-order valence-electron chi connectivity index (χ0n) is 16.6. The lowest BCUT2D eigenvalue weighted by Crippen LogP contribution is -2.64. The van der Waals surface area contributed by atoms with Gasteiger partial charge in [-0.3, -0.25) is 0 Å². The van der Waals surface area contributed by atoms with Crippen LogP contribution in [0.2, 0.25) is 0 Å². The van der Waals surface area contributed by atoms with Crippen LogP contribution in [0.1, 0.15) is 65.7 Å². The van der Waals surface area contributed by atoms with E-state index in [9.17, 15) is 10.2 Å². The Morgan fingerprint density at radius 3 is 2.08 bits per heavy atom. The van der Waals surface area contributed by atoms with Crippen molar-refractivity contribution in [1.29, 1.82) is 0 Å². The van der Waals surface area contributed by atoms with E-state index in [2.05, 4.69) is 33.6 Å². The van der Waals surface area contributed by atoms with Gasteiger partial charge in [-0.15, -0.1) is 25.3 Å². The maximum Gasteiger partial charge on any atom is 0.0836 e. The molecule has 0 aliphatic heterocycles. The number of aliphatic hydroxyl groups is 2. The third-order valence-electron chi connectivity index (χ3n) is 9.27. The first-order valence-electron chi connectivity index (χ1n) is 10.2. The zero-order chi connectivity index (χ0) is 18.6. The fourth-order valence-electron chi connectivity index (χ4n) is 7.55. The van der Waals surface area contributed by atoms with Crippen LogP contribution in [0.3, 0.4) is 0 Å². The zero-order valence-corrected chi connectivity index (χ0v) is 17.4. The molecule has 26 heavy (non-hydrogen) atoms. The number of fused-ring (bicyclic) bond motifs is 5. The van der Waals surface area contributed by atoms with Crippen LogP contribution in [-0.4, -0.2) is 28.5 Å². The van der Waals surface area contributed by atoms with Crippen molar-refractivity contribution >= 4 is 12.4 Å². The van der Waals surface area contributed by atoms with Crippen LogP contribution in [0, 0.1) is 53.3 Å². The minimum absolute atomic E-state index is 0. The number of terminal acetylenes is 1. The lowest BCUT2D eigenvalue weighted by molar-refractivity contribution is -0.215. The predicted octanol–water partition coefficient (Wildman–Crippen LogP) is 3.61. The maximum atomic E-state index is 11.1. The number of hydrogen-bond acceptors (Lipinski definition) is 3. The van der Waals surface area contributed by atoms with Crippen LogP contribution in [0.15, 0.2) is 0 Å². The third-order valence-corrected chi connectivity index (χ3v) is 9.27. The molecule has 0 heterocycles. The molecule has 0 bridgehead atoms. The van der Waals surface area contributed by atoms with E-state index in [1.54, 1.807) is 0 Å². The highest BCUT2D eigenvalue weighted by Crippen LogP contribution is 2.67. The number of halogens is 1. The lowest BCUT2D eigenvalue weighted by Gasteiger charge is -2.63. The van der Waals surface area contributed by atoms with Crippen LogP contribution in [0.25, 0.3) is 0 Å². The molecule has 0 radical (unpaired) electrons. The molecule has 0 spiro atoms. The molecule has 0 amide bonds. The Labute approximate surface area is 165 Å². The summed E-state index contributed by atoms with van der Waals surface area (Å²) in [6.45, 7) is 7.25. The van der Waals surface area contributed by atoms with Gasteiger partial charge < -0.3 is 15.9 Å². The van der Waals surface area contributed by atoms with Crippen LogP contribution in [0.5, 0.6) is 0 Å². The normalized spacial score (nSPS) is 55.2. The monoisotopic (exact) mass is 383 g/mol. The molecule has 4 aliphatic carbocycles. The van der Waals surface area contributed by atoms with Crippen molar-refractivity contribution in [1.82, 2.24) is 0 Å². The summed E-state index contributed by atoms with van der Waals surface area (Å²) >= 11 is 0. The van der Waals surface area contributed by atoms with Gasteiger partial charge in [-0.05, 0) is 85.4 Å². The summed E-state index contributed by atoms with van der Waals surface area (Å²) in [6, 6.07) is 0.201. The van der Waals surface area contributed by atoms with E-state index in [1.807, 2.05) is 0 Å². The van der Waals surface area contributed by atoms with Gasteiger partial charge in [-0.2, -0.15) is 0 Å². The van der Waals surface area contributed by atoms with Crippen molar-refractivity contribution in [3.63, 3.8) is 0 Å². The first-order valence-corrected chi connectivity index (χ1v) is 10.2. The summed E-state index contributed by atoms with van der Waals surface area (Å²) in [5.41, 5.74) is 6.75. The van der Waals surface area contributed by atoms with Gasteiger partial charge in [-0.1, -0.05) is 20.8 Å². The second-order valence-corrected chi connectivity index (χ2v) is 9.94. The highest BCUT2D eigenvalue weighted by molar-refractivity contribution is 5.85. The molecule has 0 aromatic heterocycles. The van der Waals surface area contributed by atoms with Crippen molar-refractivity contribution in [2.45, 2.75) is 84.0 Å².